The minimum atomic E-state index is -0.756. The van der Waals surface area contributed by atoms with Gasteiger partial charge in [0, 0.05) is 12.1 Å². The van der Waals surface area contributed by atoms with Gasteiger partial charge in [-0.05, 0) is 37.6 Å². The summed E-state index contributed by atoms with van der Waals surface area (Å²) in [5, 5.41) is 0. The quantitative estimate of drug-likeness (QED) is 0.524. The summed E-state index contributed by atoms with van der Waals surface area (Å²) in [6.45, 7) is 4.10. The smallest absolute Gasteiger partial charge is 0.338 e. The Morgan fingerprint density at radius 1 is 1.09 bits per heavy atom. The lowest BCUT2D eigenvalue weighted by molar-refractivity contribution is -0.136. The molecule has 0 bridgehead atoms. The normalized spacial score (nSPS) is 18.2. The van der Waals surface area contributed by atoms with Crippen molar-refractivity contribution in [3.8, 4) is 5.75 Å². The van der Waals surface area contributed by atoms with E-state index in [2.05, 4.69) is 4.99 Å². The van der Waals surface area contributed by atoms with E-state index in [9.17, 15) is 14.4 Å². The topological polar surface area (TPSA) is 90.2 Å². The molecule has 8 nitrogen and oxygen atoms in total. The first-order chi connectivity index (χ1) is 16.9. The van der Waals surface area contributed by atoms with Crippen molar-refractivity contribution in [1.29, 1.82) is 0 Å². The molecule has 0 saturated carbocycles. The Morgan fingerprint density at radius 2 is 1.80 bits per heavy atom. The number of aromatic nitrogens is 1. The van der Waals surface area contributed by atoms with Gasteiger partial charge in [-0.25, -0.2) is 9.79 Å². The molecule has 0 N–H and O–H groups in total. The van der Waals surface area contributed by atoms with Crippen LogP contribution < -0.4 is 24.5 Å². The van der Waals surface area contributed by atoms with Crippen molar-refractivity contribution in [2.75, 3.05) is 25.7 Å². The minimum absolute atomic E-state index is 0.219. The second-order valence-electron chi connectivity index (χ2n) is 8.11. The number of amides is 1. The maximum Gasteiger partial charge on any atom is 0.338 e. The van der Waals surface area contributed by atoms with Crippen molar-refractivity contribution in [3.63, 3.8) is 0 Å². The molecule has 35 heavy (non-hydrogen) atoms. The standard InChI is InChI=1S/C26H23N3O5S/c1-5-28-18-9-7-6-8-17(18)20(23(28)30)22-24(31)29-21(15-10-12-16(33-3)13-11-15)19(25(32)34-4)14(2)27-26(29)35-22/h6-13,21H,5H2,1-4H3/b22-20-/t21-/m1/s1. The Balaban J connectivity index is 1.82. The zero-order valence-corrected chi connectivity index (χ0v) is 20.5. The van der Waals surface area contributed by atoms with Gasteiger partial charge in [0.15, 0.2) is 4.80 Å². The lowest BCUT2D eigenvalue weighted by Crippen LogP contribution is -2.40. The molecule has 178 valence electrons. The number of hydrogen-bond acceptors (Lipinski definition) is 7. The lowest BCUT2D eigenvalue weighted by Gasteiger charge is -2.24. The number of ether oxygens (including phenoxy) is 2. The van der Waals surface area contributed by atoms with Gasteiger partial charge in [0.25, 0.3) is 11.5 Å². The Morgan fingerprint density at radius 3 is 2.46 bits per heavy atom. The van der Waals surface area contributed by atoms with E-state index in [1.54, 1.807) is 43.2 Å². The molecule has 5 rings (SSSR count). The summed E-state index contributed by atoms with van der Waals surface area (Å²) < 4.78 is 12.1. The highest BCUT2D eigenvalue weighted by Gasteiger charge is 2.36. The average Bonchev–Trinajstić information content (AvgIpc) is 3.34. The molecular weight excluding hydrogens is 466 g/mol. The van der Waals surface area contributed by atoms with Crippen LogP contribution in [0.15, 0.2) is 69.6 Å². The highest BCUT2D eigenvalue weighted by Crippen LogP contribution is 2.35. The number of fused-ring (bicyclic) bond motifs is 2. The largest absolute Gasteiger partial charge is 0.497 e. The molecule has 0 aliphatic carbocycles. The number of nitrogens with zero attached hydrogens (tertiary/aromatic N) is 3. The zero-order chi connectivity index (χ0) is 24.9. The van der Waals surface area contributed by atoms with E-state index < -0.39 is 12.0 Å². The molecule has 0 saturated heterocycles. The number of carbonyl (C=O) groups is 2. The maximum absolute atomic E-state index is 13.9. The summed E-state index contributed by atoms with van der Waals surface area (Å²) in [4.78, 5) is 46.8. The molecular formula is C26H23N3O5S. The predicted octanol–water partition coefficient (Wildman–Crippen LogP) is 2.15. The van der Waals surface area contributed by atoms with Gasteiger partial charge in [0.05, 0.1) is 42.8 Å². The van der Waals surface area contributed by atoms with Crippen molar-refractivity contribution < 1.29 is 19.1 Å². The maximum atomic E-state index is 13.9. The van der Waals surface area contributed by atoms with Crippen LogP contribution in [-0.2, 0) is 14.3 Å². The van der Waals surface area contributed by atoms with Gasteiger partial charge in [-0.1, -0.05) is 41.7 Å². The third-order valence-electron chi connectivity index (χ3n) is 6.30. The van der Waals surface area contributed by atoms with Gasteiger partial charge in [-0.3, -0.25) is 14.2 Å². The summed E-state index contributed by atoms with van der Waals surface area (Å²) in [6, 6.07) is 13.8. The molecule has 9 heteroatoms. The molecule has 3 heterocycles. The van der Waals surface area contributed by atoms with Crippen LogP contribution in [-0.4, -0.2) is 37.2 Å². The van der Waals surface area contributed by atoms with Gasteiger partial charge in [0.2, 0.25) is 0 Å². The number of thiazole rings is 1. The minimum Gasteiger partial charge on any atom is -0.497 e. The van der Waals surface area contributed by atoms with Crippen molar-refractivity contribution in [2.24, 2.45) is 4.99 Å². The Hall–Kier alpha value is -3.98. The monoisotopic (exact) mass is 489 g/mol. The number of carbonyl (C=O) groups excluding carboxylic acids is 2. The molecule has 1 atom stereocenters. The molecule has 1 amide bonds. The number of benzene rings is 2. The summed E-state index contributed by atoms with van der Waals surface area (Å²) >= 11 is 1.16. The number of likely N-dealkylation sites (N-methyl/N-ethyl adjacent to an activating group) is 1. The second-order valence-corrected chi connectivity index (χ2v) is 9.09. The molecule has 0 radical (unpaired) electrons. The highest BCUT2D eigenvalue weighted by molar-refractivity contribution is 7.07. The first-order valence-electron chi connectivity index (χ1n) is 11.1. The molecule has 2 aliphatic heterocycles. The fourth-order valence-corrected chi connectivity index (χ4v) is 5.79. The van der Waals surface area contributed by atoms with Gasteiger partial charge in [0.1, 0.15) is 10.3 Å². The SMILES string of the molecule is CCN1C(=O)/C(=c2\sc3n(c2=O)[C@H](c2ccc(OC)cc2)C(C(=O)OC)=C(C)N=3)c2ccccc21. The van der Waals surface area contributed by atoms with Crippen LogP contribution in [0.2, 0.25) is 0 Å². The third kappa shape index (κ3) is 3.42. The summed E-state index contributed by atoms with van der Waals surface area (Å²) in [7, 11) is 2.87. The van der Waals surface area contributed by atoms with Gasteiger partial charge < -0.3 is 14.4 Å². The van der Waals surface area contributed by atoms with Gasteiger partial charge in [-0.2, -0.15) is 0 Å². The number of allylic oxidation sites excluding steroid dienone is 1. The molecule has 2 aromatic carbocycles. The number of para-hydroxylation sites is 1. The average molecular weight is 490 g/mol. The van der Waals surface area contributed by atoms with Gasteiger partial charge >= 0.3 is 5.97 Å². The third-order valence-corrected chi connectivity index (χ3v) is 7.35. The van der Waals surface area contributed by atoms with Crippen LogP contribution in [0.1, 0.15) is 31.0 Å². The molecule has 2 aliphatic rings. The number of esters is 1. The van der Waals surface area contributed by atoms with Crippen molar-refractivity contribution in [1.82, 2.24) is 4.57 Å². The van der Waals surface area contributed by atoms with Crippen LogP contribution in [0, 0.1) is 0 Å². The van der Waals surface area contributed by atoms with E-state index in [-0.39, 0.29) is 17.0 Å². The van der Waals surface area contributed by atoms with E-state index in [1.807, 2.05) is 31.2 Å². The number of rotatable bonds is 4. The first kappa shape index (κ1) is 22.8. The fourth-order valence-electron chi connectivity index (χ4n) is 4.66. The van der Waals surface area contributed by atoms with Crippen LogP contribution in [0.4, 0.5) is 5.69 Å². The molecule has 1 aromatic heterocycles. The molecule has 0 spiro atoms. The van der Waals surface area contributed by atoms with E-state index >= 15 is 0 Å². The Labute approximate surface area is 205 Å². The molecule has 0 fully saturated rings. The number of hydrogen-bond donors (Lipinski definition) is 0. The summed E-state index contributed by atoms with van der Waals surface area (Å²) in [5.41, 5.74) is 2.92. The van der Waals surface area contributed by atoms with Crippen LogP contribution in [0.25, 0.3) is 5.57 Å². The second kappa shape index (κ2) is 8.66. The predicted molar refractivity (Wildman–Crippen MR) is 132 cm³/mol. The summed E-state index contributed by atoms with van der Waals surface area (Å²) in [5.74, 6) is -0.134. The van der Waals surface area contributed by atoms with E-state index in [0.29, 0.717) is 38.5 Å². The van der Waals surface area contributed by atoms with E-state index in [1.165, 1.54) is 11.7 Å². The van der Waals surface area contributed by atoms with Crippen molar-refractivity contribution >= 4 is 34.5 Å². The Kier molecular flexibility index (Phi) is 5.64. The highest BCUT2D eigenvalue weighted by atomic mass is 32.1. The van der Waals surface area contributed by atoms with E-state index in [4.69, 9.17) is 9.47 Å². The Bertz CT molecular complexity index is 1580. The van der Waals surface area contributed by atoms with Crippen molar-refractivity contribution in [2.45, 2.75) is 19.9 Å². The zero-order valence-electron chi connectivity index (χ0n) is 19.7. The van der Waals surface area contributed by atoms with Crippen molar-refractivity contribution in [3.05, 3.63) is 90.6 Å². The lowest BCUT2D eigenvalue weighted by atomic mass is 9.96. The number of anilines is 1. The van der Waals surface area contributed by atoms with Crippen LogP contribution in [0.5, 0.6) is 5.75 Å². The molecule has 3 aromatic rings. The van der Waals surface area contributed by atoms with E-state index in [0.717, 1.165) is 22.6 Å². The van der Waals surface area contributed by atoms with Gasteiger partial charge in [-0.15, -0.1) is 0 Å². The van der Waals surface area contributed by atoms with Crippen LogP contribution >= 0.6 is 11.3 Å². The van der Waals surface area contributed by atoms with Crippen LogP contribution in [0.3, 0.4) is 0 Å². The first-order valence-corrected chi connectivity index (χ1v) is 11.9. The molecule has 0 unspecified atom stereocenters. The fraction of sp³-hybridized carbons (Fsp3) is 0.231. The summed E-state index contributed by atoms with van der Waals surface area (Å²) in [6.07, 6.45) is 0. The number of methoxy groups -OCH3 is 2.